The molecule has 1 aliphatic rings. The van der Waals surface area contributed by atoms with Crippen molar-refractivity contribution >= 4 is 12.0 Å². The fraction of sp³-hybridized carbons (Fsp3) is 0.533. The second kappa shape index (κ2) is 6.56. The number of hydrogen-bond donors (Lipinski definition) is 2. The SMILES string of the molecule is CC1CCN(C(=O)NCc2cc(C(=O)O)ccn2)CC1C. The number of likely N-dealkylation sites (tertiary alicyclic amines) is 1. The zero-order valence-electron chi connectivity index (χ0n) is 12.4. The molecule has 0 saturated carbocycles. The van der Waals surface area contributed by atoms with E-state index < -0.39 is 5.97 Å². The minimum absolute atomic E-state index is 0.115. The number of carboxylic acid groups (broad SMARTS) is 1. The van der Waals surface area contributed by atoms with Crippen molar-refractivity contribution in [3.8, 4) is 0 Å². The molecule has 0 spiro atoms. The number of urea groups is 1. The molecule has 1 fully saturated rings. The average Bonchev–Trinajstić information content (AvgIpc) is 2.48. The molecule has 0 radical (unpaired) electrons. The Morgan fingerprint density at radius 3 is 2.86 bits per heavy atom. The molecule has 0 aliphatic carbocycles. The Kier molecular flexibility index (Phi) is 4.77. The zero-order chi connectivity index (χ0) is 15.4. The molecule has 0 bridgehead atoms. The van der Waals surface area contributed by atoms with E-state index in [1.54, 1.807) is 0 Å². The lowest BCUT2D eigenvalue weighted by Gasteiger charge is -2.35. The Hall–Kier alpha value is -2.11. The number of piperidine rings is 1. The van der Waals surface area contributed by atoms with Gasteiger partial charge in [0, 0.05) is 19.3 Å². The summed E-state index contributed by atoms with van der Waals surface area (Å²) in [7, 11) is 0. The van der Waals surface area contributed by atoms with E-state index in [2.05, 4.69) is 24.1 Å². The lowest BCUT2D eigenvalue weighted by atomic mass is 9.89. The number of carbonyl (C=O) groups is 2. The summed E-state index contributed by atoms with van der Waals surface area (Å²) in [5, 5.41) is 11.7. The summed E-state index contributed by atoms with van der Waals surface area (Å²) in [4.78, 5) is 28.9. The summed E-state index contributed by atoms with van der Waals surface area (Å²) in [6.45, 7) is 6.12. The van der Waals surface area contributed by atoms with E-state index in [0.717, 1.165) is 19.5 Å². The van der Waals surface area contributed by atoms with E-state index in [4.69, 9.17) is 5.11 Å². The highest BCUT2D eigenvalue weighted by Crippen LogP contribution is 2.22. The van der Waals surface area contributed by atoms with E-state index >= 15 is 0 Å². The maximum Gasteiger partial charge on any atom is 0.335 e. The number of rotatable bonds is 3. The number of aromatic carboxylic acids is 1. The highest BCUT2D eigenvalue weighted by molar-refractivity contribution is 5.87. The quantitative estimate of drug-likeness (QED) is 0.892. The zero-order valence-corrected chi connectivity index (χ0v) is 12.4. The van der Waals surface area contributed by atoms with Crippen molar-refractivity contribution in [2.75, 3.05) is 13.1 Å². The lowest BCUT2D eigenvalue weighted by Crippen LogP contribution is -2.46. The minimum Gasteiger partial charge on any atom is -0.478 e. The highest BCUT2D eigenvalue weighted by Gasteiger charge is 2.25. The summed E-state index contributed by atoms with van der Waals surface area (Å²) in [5.41, 5.74) is 0.719. The molecule has 6 nitrogen and oxygen atoms in total. The second-order valence-electron chi connectivity index (χ2n) is 5.69. The van der Waals surface area contributed by atoms with Gasteiger partial charge in [-0.05, 0) is 30.4 Å². The van der Waals surface area contributed by atoms with E-state index in [1.807, 2.05) is 4.90 Å². The van der Waals surface area contributed by atoms with Crippen molar-refractivity contribution in [1.82, 2.24) is 15.2 Å². The average molecular weight is 291 g/mol. The molecule has 2 unspecified atom stereocenters. The molecular formula is C15H21N3O3. The van der Waals surface area contributed by atoms with Gasteiger partial charge in [-0.2, -0.15) is 0 Å². The summed E-state index contributed by atoms with van der Waals surface area (Å²) in [6, 6.07) is 2.79. The van der Waals surface area contributed by atoms with Gasteiger partial charge in [-0.1, -0.05) is 13.8 Å². The van der Waals surface area contributed by atoms with Crippen LogP contribution in [-0.2, 0) is 6.54 Å². The normalized spacial score (nSPS) is 21.9. The van der Waals surface area contributed by atoms with Gasteiger partial charge < -0.3 is 15.3 Å². The molecule has 2 rings (SSSR count). The van der Waals surface area contributed by atoms with Crippen LogP contribution in [0.3, 0.4) is 0 Å². The molecule has 1 aliphatic heterocycles. The summed E-state index contributed by atoms with van der Waals surface area (Å²) in [5.74, 6) is 0.143. The van der Waals surface area contributed by atoms with Crippen LogP contribution in [0.25, 0.3) is 0 Å². The van der Waals surface area contributed by atoms with E-state index in [9.17, 15) is 9.59 Å². The fourth-order valence-corrected chi connectivity index (χ4v) is 2.43. The van der Waals surface area contributed by atoms with Crippen LogP contribution < -0.4 is 5.32 Å². The van der Waals surface area contributed by atoms with Gasteiger partial charge in [-0.15, -0.1) is 0 Å². The number of hydrogen-bond acceptors (Lipinski definition) is 3. The van der Waals surface area contributed by atoms with Gasteiger partial charge in [0.15, 0.2) is 0 Å². The largest absolute Gasteiger partial charge is 0.478 e. The highest BCUT2D eigenvalue weighted by atomic mass is 16.4. The van der Waals surface area contributed by atoms with Gasteiger partial charge >= 0.3 is 12.0 Å². The molecule has 1 aromatic heterocycles. The summed E-state index contributed by atoms with van der Waals surface area (Å²) < 4.78 is 0. The van der Waals surface area contributed by atoms with Crippen LogP contribution in [0.15, 0.2) is 18.3 Å². The second-order valence-corrected chi connectivity index (χ2v) is 5.69. The molecule has 1 aromatic rings. The van der Waals surface area contributed by atoms with Crippen LogP contribution in [0.5, 0.6) is 0 Å². The van der Waals surface area contributed by atoms with Crippen molar-refractivity contribution < 1.29 is 14.7 Å². The number of carboxylic acids is 1. The van der Waals surface area contributed by atoms with Gasteiger partial charge in [0.2, 0.25) is 0 Å². The third-order valence-corrected chi connectivity index (χ3v) is 4.11. The molecule has 21 heavy (non-hydrogen) atoms. The number of carbonyl (C=O) groups excluding carboxylic acids is 1. The number of nitrogens with zero attached hydrogens (tertiary/aromatic N) is 2. The van der Waals surface area contributed by atoms with Crippen molar-refractivity contribution in [3.05, 3.63) is 29.6 Å². The van der Waals surface area contributed by atoms with Gasteiger partial charge in [0.05, 0.1) is 17.8 Å². The number of nitrogens with one attached hydrogen (secondary N) is 1. The monoisotopic (exact) mass is 291 g/mol. The first kappa shape index (κ1) is 15.3. The minimum atomic E-state index is -0.996. The molecule has 2 heterocycles. The van der Waals surface area contributed by atoms with Crippen molar-refractivity contribution in [2.45, 2.75) is 26.8 Å². The van der Waals surface area contributed by atoms with Crippen LogP contribution >= 0.6 is 0 Å². The van der Waals surface area contributed by atoms with Crippen LogP contribution in [0.4, 0.5) is 4.79 Å². The Labute approximate surface area is 124 Å². The predicted molar refractivity (Wildman–Crippen MR) is 78.0 cm³/mol. The fourth-order valence-electron chi connectivity index (χ4n) is 2.43. The van der Waals surface area contributed by atoms with E-state index in [-0.39, 0.29) is 18.1 Å². The smallest absolute Gasteiger partial charge is 0.335 e. The summed E-state index contributed by atoms with van der Waals surface area (Å²) >= 11 is 0. The Morgan fingerprint density at radius 1 is 1.43 bits per heavy atom. The Balaban J connectivity index is 1.89. The third kappa shape index (κ3) is 3.93. The summed E-state index contributed by atoms with van der Waals surface area (Å²) in [6.07, 6.45) is 2.46. The lowest BCUT2D eigenvalue weighted by molar-refractivity contribution is 0.0696. The number of amides is 2. The molecule has 2 N–H and O–H groups in total. The maximum absolute atomic E-state index is 12.1. The van der Waals surface area contributed by atoms with Crippen LogP contribution in [0.1, 0.15) is 36.3 Å². The maximum atomic E-state index is 12.1. The third-order valence-electron chi connectivity index (χ3n) is 4.11. The first-order valence-corrected chi connectivity index (χ1v) is 7.18. The Bertz CT molecular complexity index is 533. The first-order chi connectivity index (χ1) is 9.97. The Morgan fingerprint density at radius 2 is 2.19 bits per heavy atom. The van der Waals surface area contributed by atoms with E-state index in [0.29, 0.717) is 17.5 Å². The van der Waals surface area contributed by atoms with Gasteiger partial charge in [0.1, 0.15) is 0 Å². The van der Waals surface area contributed by atoms with E-state index in [1.165, 1.54) is 18.3 Å². The van der Waals surface area contributed by atoms with Gasteiger partial charge in [-0.25, -0.2) is 9.59 Å². The van der Waals surface area contributed by atoms with Crippen molar-refractivity contribution in [1.29, 1.82) is 0 Å². The van der Waals surface area contributed by atoms with Crippen LogP contribution in [-0.4, -0.2) is 40.1 Å². The molecule has 2 atom stereocenters. The molecule has 1 saturated heterocycles. The van der Waals surface area contributed by atoms with Gasteiger partial charge in [0.25, 0.3) is 0 Å². The first-order valence-electron chi connectivity index (χ1n) is 7.18. The number of pyridine rings is 1. The van der Waals surface area contributed by atoms with Gasteiger partial charge in [-0.3, -0.25) is 4.98 Å². The number of aromatic nitrogens is 1. The molecular weight excluding hydrogens is 270 g/mol. The van der Waals surface area contributed by atoms with Crippen molar-refractivity contribution in [3.63, 3.8) is 0 Å². The van der Waals surface area contributed by atoms with Crippen molar-refractivity contribution in [2.24, 2.45) is 11.8 Å². The molecule has 114 valence electrons. The molecule has 0 aromatic carbocycles. The predicted octanol–water partition coefficient (Wildman–Crippen LogP) is 1.97. The molecule has 2 amide bonds. The molecule has 6 heteroatoms. The van der Waals surface area contributed by atoms with Crippen LogP contribution in [0, 0.1) is 11.8 Å². The topological polar surface area (TPSA) is 82.5 Å². The standard InChI is InChI=1S/C15H21N3O3/c1-10-4-6-18(9-11(10)2)15(21)17-8-13-7-12(14(19)20)3-5-16-13/h3,5,7,10-11H,4,6,8-9H2,1-2H3,(H,17,21)(H,19,20). The van der Waals surface area contributed by atoms with Crippen LogP contribution in [0.2, 0.25) is 0 Å².